The molecule has 0 unspecified atom stereocenters. The topological polar surface area (TPSA) is 49.0 Å². The minimum absolute atomic E-state index is 0.205. The number of fused-ring (bicyclic) bond motifs is 1. The van der Waals surface area contributed by atoms with Gasteiger partial charge in [-0.2, -0.15) is 5.26 Å². The summed E-state index contributed by atoms with van der Waals surface area (Å²) in [4.78, 5) is 14.8. The molecule has 1 aromatic heterocycles. The number of nitriles is 1. The van der Waals surface area contributed by atoms with E-state index in [-0.39, 0.29) is 16.9 Å². The molecule has 136 valence electrons. The van der Waals surface area contributed by atoms with Crippen molar-refractivity contribution in [3.05, 3.63) is 75.8 Å². The second-order valence-electron chi connectivity index (χ2n) is 7.03. The number of hydrogen-bond donors (Lipinski definition) is 0. The molecule has 0 bridgehead atoms. The van der Waals surface area contributed by atoms with Gasteiger partial charge in [-0.15, -0.1) is 0 Å². The highest BCUT2D eigenvalue weighted by Crippen LogP contribution is 2.34. The first-order valence-electron chi connectivity index (χ1n) is 9.12. The van der Waals surface area contributed by atoms with Gasteiger partial charge in [0.2, 0.25) is 0 Å². The van der Waals surface area contributed by atoms with Crippen LogP contribution in [0.1, 0.15) is 29.9 Å². The lowest BCUT2D eigenvalue weighted by atomic mass is 9.89. The summed E-state index contributed by atoms with van der Waals surface area (Å²) in [5.74, 6) is 0.145. The number of benzene rings is 2. The van der Waals surface area contributed by atoms with E-state index in [0.717, 1.165) is 48.1 Å². The summed E-state index contributed by atoms with van der Waals surface area (Å²) in [5.41, 5.74) is 2.67. The van der Waals surface area contributed by atoms with Crippen LogP contribution in [0.2, 0.25) is 0 Å². The fourth-order valence-corrected chi connectivity index (χ4v) is 4.08. The summed E-state index contributed by atoms with van der Waals surface area (Å²) in [6.45, 7) is 1.52. The number of piperidine rings is 1. The van der Waals surface area contributed by atoms with Gasteiger partial charge in [0, 0.05) is 25.5 Å². The Balaban J connectivity index is 1.70. The standard InChI is InChI=1S/C22H20FN3O/c1-25-20-5-3-2-4-18(20)21(19(14-24)22(25)27)26-12-10-16(11-13-26)15-6-8-17(23)9-7-15/h2-9,16H,10-13H2,1H3. The molecular weight excluding hydrogens is 341 g/mol. The predicted octanol–water partition coefficient (Wildman–Crippen LogP) is 3.93. The lowest BCUT2D eigenvalue weighted by Crippen LogP contribution is -2.35. The van der Waals surface area contributed by atoms with Gasteiger partial charge in [0.1, 0.15) is 17.4 Å². The number of hydrogen-bond acceptors (Lipinski definition) is 3. The van der Waals surface area contributed by atoms with Crippen molar-refractivity contribution in [2.24, 2.45) is 7.05 Å². The Morgan fingerprint density at radius 3 is 2.41 bits per heavy atom. The van der Waals surface area contributed by atoms with Gasteiger partial charge in [0.25, 0.3) is 5.56 Å². The number of aromatic nitrogens is 1. The highest BCUT2D eigenvalue weighted by Gasteiger charge is 2.25. The van der Waals surface area contributed by atoms with Crippen LogP contribution in [0.4, 0.5) is 10.1 Å². The Hall–Kier alpha value is -3.13. The first-order valence-corrected chi connectivity index (χ1v) is 9.12. The molecule has 0 aliphatic carbocycles. The maximum absolute atomic E-state index is 13.2. The second-order valence-corrected chi connectivity index (χ2v) is 7.03. The maximum Gasteiger partial charge on any atom is 0.270 e. The summed E-state index contributed by atoms with van der Waals surface area (Å²) < 4.78 is 14.7. The molecule has 2 heterocycles. The average Bonchev–Trinajstić information content (AvgIpc) is 2.71. The molecule has 0 radical (unpaired) electrons. The minimum Gasteiger partial charge on any atom is -0.370 e. The predicted molar refractivity (Wildman–Crippen MR) is 104 cm³/mol. The lowest BCUT2D eigenvalue weighted by molar-refractivity contribution is 0.504. The smallest absolute Gasteiger partial charge is 0.270 e. The van der Waals surface area contributed by atoms with E-state index in [0.29, 0.717) is 5.92 Å². The summed E-state index contributed by atoms with van der Waals surface area (Å²) >= 11 is 0. The molecule has 2 aromatic carbocycles. The number of halogens is 1. The van der Waals surface area contributed by atoms with E-state index in [1.807, 2.05) is 36.4 Å². The third kappa shape index (κ3) is 2.97. The molecule has 5 heteroatoms. The number of nitrogens with zero attached hydrogens (tertiary/aromatic N) is 3. The first-order chi connectivity index (χ1) is 13.1. The van der Waals surface area contributed by atoms with Gasteiger partial charge in [0.05, 0.1) is 11.2 Å². The quantitative estimate of drug-likeness (QED) is 0.695. The van der Waals surface area contributed by atoms with Gasteiger partial charge in [-0.1, -0.05) is 30.3 Å². The van der Waals surface area contributed by atoms with Crippen LogP contribution in [0.5, 0.6) is 0 Å². The van der Waals surface area contributed by atoms with Crippen molar-refractivity contribution >= 4 is 16.6 Å². The van der Waals surface area contributed by atoms with Gasteiger partial charge >= 0.3 is 0 Å². The largest absolute Gasteiger partial charge is 0.370 e. The van der Waals surface area contributed by atoms with Gasteiger partial charge in [0.15, 0.2) is 0 Å². The van der Waals surface area contributed by atoms with E-state index in [1.165, 1.54) is 12.1 Å². The van der Waals surface area contributed by atoms with E-state index in [2.05, 4.69) is 11.0 Å². The van der Waals surface area contributed by atoms with Crippen molar-refractivity contribution in [2.45, 2.75) is 18.8 Å². The zero-order valence-electron chi connectivity index (χ0n) is 15.2. The van der Waals surface area contributed by atoms with Crippen LogP contribution in [-0.4, -0.2) is 17.7 Å². The molecule has 4 nitrogen and oxygen atoms in total. The molecule has 1 aliphatic heterocycles. The van der Waals surface area contributed by atoms with E-state index >= 15 is 0 Å². The number of anilines is 1. The van der Waals surface area contributed by atoms with Gasteiger partial charge in [-0.3, -0.25) is 4.79 Å². The molecule has 1 fully saturated rings. The average molecular weight is 361 g/mol. The van der Waals surface area contributed by atoms with Crippen LogP contribution in [0, 0.1) is 17.1 Å². The molecule has 1 saturated heterocycles. The van der Waals surface area contributed by atoms with E-state index in [1.54, 1.807) is 11.6 Å². The molecule has 0 atom stereocenters. The third-order valence-corrected chi connectivity index (χ3v) is 5.54. The maximum atomic E-state index is 13.2. The summed E-state index contributed by atoms with van der Waals surface area (Å²) in [7, 11) is 1.70. The second kappa shape index (κ2) is 6.88. The highest BCUT2D eigenvalue weighted by atomic mass is 19.1. The molecule has 3 aromatic rings. The normalized spacial score (nSPS) is 15.1. The Morgan fingerprint density at radius 1 is 1.07 bits per heavy atom. The zero-order chi connectivity index (χ0) is 19.0. The molecule has 27 heavy (non-hydrogen) atoms. The Kier molecular flexibility index (Phi) is 4.41. The fourth-order valence-electron chi connectivity index (χ4n) is 4.08. The molecule has 0 amide bonds. The molecule has 1 aliphatic rings. The van der Waals surface area contributed by atoms with Crippen LogP contribution in [-0.2, 0) is 7.05 Å². The summed E-state index contributed by atoms with van der Waals surface area (Å²) in [6.07, 6.45) is 1.81. The molecule has 0 N–H and O–H groups in total. The first kappa shape index (κ1) is 17.3. The fraction of sp³-hybridized carbons (Fsp3) is 0.273. The zero-order valence-corrected chi connectivity index (χ0v) is 15.2. The Labute approximate surface area is 157 Å². The summed E-state index contributed by atoms with van der Waals surface area (Å²) in [5, 5.41) is 10.6. The number of para-hydroxylation sites is 1. The lowest BCUT2D eigenvalue weighted by Gasteiger charge is -2.35. The van der Waals surface area contributed by atoms with Crippen molar-refractivity contribution in [1.82, 2.24) is 4.57 Å². The van der Waals surface area contributed by atoms with Gasteiger partial charge in [-0.25, -0.2) is 4.39 Å². The van der Waals surface area contributed by atoms with Crippen molar-refractivity contribution in [2.75, 3.05) is 18.0 Å². The highest BCUT2D eigenvalue weighted by molar-refractivity contribution is 5.94. The number of aryl methyl sites for hydroxylation is 1. The Morgan fingerprint density at radius 2 is 1.74 bits per heavy atom. The van der Waals surface area contributed by atoms with Crippen molar-refractivity contribution in [1.29, 1.82) is 5.26 Å². The third-order valence-electron chi connectivity index (χ3n) is 5.54. The van der Waals surface area contributed by atoms with E-state index < -0.39 is 0 Å². The number of rotatable bonds is 2. The number of pyridine rings is 1. The van der Waals surface area contributed by atoms with Gasteiger partial charge < -0.3 is 9.47 Å². The van der Waals surface area contributed by atoms with Crippen molar-refractivity contribution in [3.63, 3.8) is 0 Å². The Bertz CT molecular complexity index is 1090. The van der Waals surface area contributed by atoms with Crippen molar-refractivity contribution in [3.8, 4) is 6.07 Å². The monoisotopic (exact) mass is 361 g/mol. The van der Waals surface area contributed by atoms with E-state index in [9.17, 15) is 14.4 Å². The summed E-state index contributed by atoms with van der Waals surface area (Å²) in [6, 6.07) is 16.5. The van der Waals surface area contributed by atoms with Crippen LogP contribution >= 0.6 is 0 Å². The van der Waals surface area contributed by atoms with Crippen LogP contribution in [0.15, 0.2) is 53.3 Å². The van der Waals surface area contributed by atoms with Crippen LogP contribution < -0.4 is 10.5 Å². The van der Waals surface area contributed by atoms with E-state index in [4.69, 9.17) is 0 Å². The van der Waals surface area contributed by atoms with Crippen LogP contribution in [0.25, 0.3) is 10.9 Å². The SMILES string of the molecule is Cn1c(=O)c(C#N)c(N2CCC(c3ccc(F)cc3)CC2)c2ccccc21. The molecular formula is C22H20FN3O. The molecule has 0 saturated carbocycles. The minimum atomic E-state index is -0.258. The van der Waals surface area contributed by atoms with Gasteiger partial charge in [-0.05, 0) is 42.5 Å². The molecule has 0 spiro atoms. The molecule has 4 rings (SSSR count). The van der Waals surface area contributed by atoms with Crippen molar-refractivity contribution < 1.29 is 4.39 Å². The van der Waals surface area contributed by atoms with Crippen LogP contribution in [0.3, 0.4) is 0 Å².